The summed E-state index contributed by atoms with van der Waals surface area (Å²) in [5.74, 6) is 0. The summed E-state index contributed by atoms with van der Waals surface area (Å²) in [5, 5.41) is 15.0. The van der Waals surface area contributed by atoms with Gasteiger partial charge >= 0.3 is 0 Å². The maximum atomic E-state index is 9.51. The van der Waals surface area contributed by atoms with Crippen LogP contribution in [0.2, 0.25) is 0 Å². The second kappa shape index (κ2) is 6.48. The molecule has 2 rings (SSSR count). The molecule has 0 fully saturated rings. The van der Waals surface area contributed by atoms with E-state index in [0.29, 0.717) is 0 Å². The second-order valence-corrected chi connectivity index (χ2v) is 6.06. The van der Waals surface area contributed by atoms with Gasteiger partial charge in [-0.1, -0.05) is 30.3 Å². The molecule has 0 saturated heterocycles. The predicted molar refractivity (Wildman–Crippen MR) is 79.8 cm³/mol. The Morgan fingerprint density at radius 2 is 2.06 bits per heavy atom. The van der Waals surface area contributed by atoms with E-state index in [0.717, 1.165) is 10.0 Å². The van der Waals surface area contributed by atoms with Gasteiger partial charge in [-0.3, -0.25) is 0 Å². The lowest BCUT2D eigenvalue weighted by atomic mass is 10.1. The summed E-state index contributed by atoms with van der Waals surface area (Å²) in [5.41, 5.74) is 1.11. The van der Waals surface area contributed by atoms with E-state index in [1.165, 1.54) is 4.88 Å². The summed E-state index contributed by atoms with van der Waals surface area (Å²) in [6.45, 7) is 2.21. The van der Waals surface area contributed by atoms with Crippen LogP contribution in [0.1, 0.15) is 29.4 Å². The highest BCUT2D eigenvalue weighted by molar-refractivity contribution is 9.10. The smallest absolute Gasteiger partial charge is 0.0626 e. The van der Waals surface area contributed by atoms with E-state index in [1.807, 2.05) is 30.3 Å². The first-order valence-electron chi connectivity index (χ1n) is 5.86. The number of thiophene rings is 1. The van der Waals surface area contributed by atoms with Crippen LogP contribution in [-0.4, -0.2) is 11.7 Å². The zero-order valence-electron chi connectivity index (χ0n) is 10.1. The quantitative estimate of drug-likeness (QED) is 0.873. The molecule has 1 aromatic heterocycles. The standard InChI is InChI=1S/C14H16BrNOS/c1-10(14-7-12(15)9-18-14)16-13(8-17)11-5-3-2-4-6-11/h2-7,9-10,13,16-17H,8H2,1H3/t10?,13-/m0/s1. The zero-order valence-corrected chi connectivity index (χ0v) is 12.5. The Morgan fingerprint density at radius 1 is 1.33 bits per heavy atom. The topological polar surface area (TPSA) is 32.3 Å². The van der Waals surface area contributed by atoms with Crippen LogP contribution in [0.15, 0.2) is 46.3 Å². The first-order valence-corrected chi connectivity index (χ1v) is 7.53. The number of hydrogen-bond donors (Lipinski definition) is 2. The van der Waals surface area contributed by atoms with Crippen LogP contribution in [0.25, 0.3) is 0 Å². The van der Waals surface area contributed by atoms with Gasteiger partial charge in [0.15, 0.2) is 0 Å². The van der Waals surface area contributed by atoms with Crippen molar-refractivity contribution >= 4 is 27.3 Å². The second-order valence-electron chi connectivity index (χ2n) is 4.20. The van der Waals surface area contributed by atoms with Crippen molar-refractivity contribution in [2.75, 3.05) is 6.61 Å². The van der Waals surface area contributed by atoms with Crippen LogP contribution in [-0.2, 0) is 0 Å². The summed E-state index contributed by atoms with van der Waals surface area (Å²) in [4.78, 5) is 1.26. The van der Waals surface area contributed by atoms with Crippen molar-refractivity contribution in [2.45, 2.75) is 19.0 Å². The molecular weight excluding hydrogens is 310 g/mol. The normalized spacial score (nSPS) is 14.4. The van der Waals surface area contributed by atoms with E-state index in [9.17, 15) is 5.11 Å². The highest BCUT2D eigenvalue weighted by atomic mass is 79.9. The fourth-order valence-electron chi connectivity index (χ4n) is 1.88. The number of nitrogens with one attached hydrogen (secondary N) is 1. The largest absolute Gasteiger partial charge is 0.394 e. The first kappa shape index (κ1) is 13.7. The third kappa shape index (κ3) is 3.42. The Labute approximate surface area is 120 Å². The molecule has 4 heteroatoms. The van der Waals surface area contributed by atoms with Crippen LogP contribution >= 0.6 is 27.3 Å². The molecule has 0 aliphatic heterocycles. The van der Waals surface area contributed by atoms with E-state index >= 15 is 0 Å². The van der Waals surface area contributed by atoms with Crippen LogP contribution in [0.3, 0.4) is 0 Å². The predicted octanol–water partition coefficient (Wildman–Crippen LogP) is 3.89. The van der Waals surface area contributed by atoms with Gasteiger partial charge < -0.3 is 10.4 Å². The van der Waals surface area contributed by atoms with Gasteiger partial charge in [-0.05, 0) is 34.5 Å². The monoisotopic (exact) mass is 325 g/mol. The minimum Gasteiger partial charge on any atom is -0.394 e. The van der Waals surface area contributed by atoms with E-state index < -0.39 is 0 Å². The van der Waals surface area contributed by atoms with E-state index in [4.69, 9.17) is 0 Å². The third-order valence-corrected chi connectivity index (χ3v) is 4.73. The van der Waals surface area contributed by atoms with Crippen molar-refractivity contribution in [3.8, 4) is 0 Å². The van der Waals surface area contributed by atoms with E-state index in [-0.39, 0.29) is 18.7 Å². The maximum Gasteiger partial charge on any atom is 0.0626 e. The van der Waals surface area contributed by atoms with Crippen molar-refractivity contribution in [1.82, 2.24) is 5.32 Å². The van der Waals surface area contributed by atoms with Crippen molar-refractivity contribution in [3.63, 3.8) is 0 Å². The third-order valence-electron chi connectivity index (χ3n) is 2.85. The molecule has 1 heterocycles. The summed E-state index contributed by atoms with van der Waals surface area (Å²) in [6, 6.07) is 12.3. The van der Waals surface area contributed by atoms with Crippen LogP contribution in [0, 0.1) is 0 Å². The molecule has 2 aromatic rings. The molecule has 2 nitrogen and oxygen atoms in total. The lowest BCUT2D eigenvalue weighted by Gasteiger charge is -2.21. The molecule has 2 atom stereocenters. The van der Waals surface area contributed by atoms with E-state index in [2.05, 4.69) is 39.6 Å². The highest BCUT2D eigenvalue weighted by Crippen LogP contribution is 2.27. The van der Waals surface area contributed by atoms with E-state index in [1.54, 1.807) is 11.3 Å². The van der Waals surface area contributed by atoms with Crippen LogP contribution in [0.4, 0.5) is 0 Å². The fourth-order valence-corrected chi connectivity index (χ4v) is 3.34. The number of benzene rings is 1. The number of hydrogen-bond acceptors (Lipinski definition) is 3. The average molecular weight is 326 g/mol. The van der Waals surface area contributed by atoms with Gasteiger partial charge in [-0.15, -0.1) is 11.3 Å². The molecule has 0 bridgehead atoms. The molecule has 96 valence electrons. The Hall–Kier alpha value is -0.680. The molecule has 1 aromatic carbocycles. The highest BCUT2D eigenvalue weighted by Gasteiger charge is 2.15. The Bertz CT molecular complexity index is 486. The van der Waals surface area contributed by atoms with Crippen molar-refractivity contribution in [2.24, 2.45) is 0 Å². The Kier molecular flexibility index (Phi) is 4.95. The average Bonchev–Trinajstić information content (AvgIpc) is 2.83. The summed E-state index contributed by atoms with van der Waals surface area (Å²) >= 11 is 5.18. The SMILES string of the molecule is CC(N[C@@H](CO)c1ccccc1)c1cc(Br)cs1. The maximum absolute atomic E-state index is 9.51. The summed E-state index contributed by atoms with van der Waals surface area (Å²) in [7, 11) is 0. The van der Waals surface area contributed by atoms with Crippen molar-refractivity contribution < 1.29 is 5.11 Å². The minimum absolute atomic E-state index is 0.0259. The number of aliphatic hydroxyl groups is 1. The number of halogens is 1. The van der Waals surface area contributed by atoms with Gasteiger partial charge in [0, 0.05) is 20.8 Å². The van der Waals surface area contributed by atoms with Gasteiger partial charge in [-0.2, -0.15) is 0 Å². The van der Waals surface area contributed by atoms with Crippen molar-refractivity contribution in [1.29, 1.82) is 0 Å². The molecule has 0 spiro atoms. The lowest BCUT2D eigenvalue weighted by molar-refractivity contribution is 0.236. The van der Waals surface area contributed by atoms with Gasteiger partial charge in [0.1, 0.15) is 0 Å². The number of aliphatic hydroxyl groups excluding tert-OH is 1. The molecule has 18 heavy (non-hydrogen) atoms. The zero-order chi connectivity index (χ0) is 13.0. The molecule has 0 saturated carbocycles. The molecule has 0 radical (unpaired) electrons. The van der Waals surface area contributed by atoms with Crippen LogP contribution < -0.4 is 5.32 Å². The van der Waals surface area contributed by atoms with Crippen LogP contribution in [0.5, 0.6) is 0 Å². The molecule has 2 N–H and O–H groups in total. The summed E-state index contributed by atoms with van der Waals surface area (Å²) < 4.78 is 1.11. The summed E-state index contributed by atoms with van der Waals surface area (Å²) in [6.07, 6.45) is 0. The minimum atomic E-state index is -0.0259. The molecule has 1 unspecified atom stereocenters. The van der Waals surface area contributed by atoms with Gasteiger partial charge in [0.25, 0.3) is 0 Å². The Morgan fingerprint density at radius 3 is 2.61 bits per heavy atom. The van der Waals surface area contributed by atoms with Gasteiger partial charge in [0.2, 0.25) is 0 Å². The lowest BCUT2D eigenvalue weighted by Crippen LogP contribution is -2.26. The molecule has 0 aliphatic carbocycles. The molecule has 0 amide bonds. The van der Waals surface area contributed by atoms with Crippen molar-refractivity contribution in [3.05, 3.63) is 56.7 Å². The molecule has 0 aliphatic rings. The fraction of sp³-hybridized carbons (Fsp3) is 0.286. The number of rotatable bonds is 5. The first-order chi connectivity index (χ1) is 8.70. The van der Waals surface area contributed by atoms with Gasteiger partial charge in [-0.25, -0.2) is 0 Å². The Balaban J connectivity index is 2.07. The molecular formula is C14H16BrNOS. The van der Waals surface area contributed by atoms with Gasteiger partial charge in [0.05, 0.1) is 12.6 Å².